The predicted octanol–water partition coefficient (Wildman–Crippen LogP) is 1.22. The molecule has 1 aliphatic carbocycles. The Balaban J connectivity index is 2.27. The van der Waals surface area contributed by atoms with Crippen LogP contribution in [0, 0.1) is 0 Å². The summed E-state index contributed by atoms with van der Waals surface area (Å²) in [4.78, 5) is 0. The van der Waals surface area contributed by atoms with E-state index in [2.05, 4.69) is 0 Å². The van der Waals surface area contributed by atoms with Crippen LogP contribution in [0.5, 0.6) is 5.75 Å². The summed E-state index contributed by atoms with van der Waals surface area (Å²) < 4.78 is 35.7. The predicted molar refractivity (Wildman–Crippen MR) is 78.6 cm³/mol. The molecule has 0 atom stereocenters. The van der Waals surface area contributed by atoms with E-state index >= 15 is 0 Å². The maximum absolute atomic E-state index is 11.9. The summed E-state index contributed by atoms with van der Waals surface area (Å²) in [6.07, 6.45) is 2.92. The number of methoxy groups -OCH3 is 1. The molecule has 0 saturated heterocycles. The first-order valence-corrected chi connectivity index (χ1v) is 8.29. The molecule has 7 heteroatoms. The highest BCUT2D eigenvalue weighted by Gasteiger charge is 2.36. The van der Waals surface area contributed by atoms with Crippen LogP contribution >= 0.6 is 0 Å². The summed E-state index contributed by atoms with van der Waals surface area (Å²) in [5.74, 6) is 0.584. The zero-order chi connectivity index (χ0) is 14.8. The average Bonchev–Trinajstić information content (AvgIpc) is 3.16. The zero-order valence-electron chi connectivity index (χ0n) is 11.7. The molecular weight excluding hydrogens is 280 g/mol. The Bertz CT molecular complexity index is 570. The molecule has 2 N–H and O–H groups in total. The molecule has 1 aliphatic rings. The number of benzene rings is 1. The van der Waals surface area contributed by atoms with Crippen LogP contribution < -0.4 is 14.8 Å². The fourth-order valence-corrected chi connectivity index (χ4v) is 3.27. The summed E-state index contributed by atoms with van der Waals surface area (Å²) in [7, 11) is -1.75. The minimum Gasteiger partial charge on any atom is -0.491 e. The van der Waals surface area contributed by atoms with Crippen LogP contribution in [-0.4, -0.2) is 41.0 Å². The van der Waals surface area contributed by atoms with Gasteiger partial charge in [0.15, 0.2) is 0 Å². The summed E-state index contributed by atoms with van der Waals surface area (Å²) >= 11 is 0. The van der Waals surface area contributed by atoms with Gasteiger partial charge in [-0.05, 0) is 25.0 Å². The summed E-state index contributed by atoms with van der Waals surface area (Å²) in [5, 5.41) is 0. The molecule has 1 fully saturated rings. The first kappa shape index (κ1) is 14.9. The molecule has 1 aromatic carbocycles. The molecular formula is C13H20N2O4S. The summed E-state index contributed by atoms with van der Waals surface area (Å²) in [6.45, 7) is 0.875. The Kier molecular flexibility index (Phi) is 4.39. The summed E-state index contributed by atoms with van der Waals surface area (Å²) in [5.41, 5.74) is 6.84. The van der Waals surface area contributed by atoms with Crippen molar-refractivity contribution < 1.29 is 17.9 Å². The van der Waals surface area contributed by atoms with Gasteiger partial charge in [-0.1, -0.05) is 0 Å². The zero-order valence-corrected chi connectivity index (χ0v) is 12.5. The fraction of sp³-hybridized carbons (Fsp3) is 0.538. The molecule has 1 aromatic rings. The molecule has 0 aliphatic heterocycles. The molecule has 20 heavy (non-hydrogen) atoms. The van der Waals surface area contributed by atoms with E-state index in [1.165, 1.54) is 10.6 Å². The number of nitrogens with two attached hydrogens (primary N) is 1. The van der Waals surface area contributed by atoms with Crippen LogP contribution in [0.4, 0.5) is 11.4 Å². The van der Waals surface area contributed by atoms with Crippen LogP contribution in [0.15, 0.2) is 18.2 Å². The monoisotopic (exact) mass is 300 g/mol. The van der Waals surface area contributed by atoms with Crippen molar-refractivity contribution in [2.45, 2.75) is 18.9 Å². The van der Waals surface area contributed by atoms with Crippen LogP contribution in [-0.2, 0) is 14.8 Å². The van der Waals surface area contributed by atoms with Crippen molar-refractivity contribution in [3.8, 4) is 5.75 Å². The van der Waals surface area contributed by atoms with Gasteiger partial charge in [0, 0.05) is 19.2 Å². The Morgan fingerprint density at radius 1 is 1.35 bits per heavy atom. The van der Waals surface area contributed by atoms with Gasteiger partial charge in [0.2, 0.25) is 10.0 Å². The Morgan fingerprint density at radius 3 is 2.60 bits per heavy atom. The van der Waals surface area contributed by atoms with E-state index in [1.54, 1.807) is 25.3 Å². The SMILES string of the molecule is COCCOc1ccc(N)c(N(C2CC2)S(C)(=O)=O)c1. The van der Waals surface area contributed by atoms with E-state index in [0.29, 0.717) is 30.3 Å². The number of ether oxygens (including phenoxy) is 2. The third-order valence-corrected chi connectivity index (χ3v) is 4.24. The van der Waals surface area contributed by atoms with Crippen LogP contribution in [0.2, 0.25) is 0 Å². The second kappa shape index (κ2) is 5.88. The number of hydrogen-bond donors (Lipinski definition) is 1. The largest absolute Gasteiger partial charge is 0.491 e. The van der Waals surface area contributed by atoms with Crippen molar-refractivity contribution in [3.05, 3.63) is 18.2 Å². The number of rotatable bonds is 7. The van der Waals surface area contributed by atoms with Crippen molar-refractivity contribution in [3.63, 3.8) is 0 Å². The molecule has 0 aromatic heterocycles. The molecule has 112 valence electrons. The normalized spacial score (nSPS) is 15.1. The third-order valence-electron chi connectivity index (χ3n) is 3.03. The van der Waals surface area contributed by atoms with Gasteiger partial charge in [-0.25, -0.2) is 8.42 Å². The highest BCUT2D eigenvalue weighted by atomic mass is 32.2. The third kappa shape index (κ3) is 3.55. The van der Waals surface area contributed by atoms with E-state index in [1.807, 2.05) is 0 Å². The quantitative estimate of drug-likeness (QED) is 0.605. The molecule has 0 unspecified atom stereocenters. The molecule has 0 bridgehead atoms. The Hall–Kier alpha value is -1.47. The highest BCUT2D eigenvalue weighted by molar-refractivity contribution is 7.92. The lowest BCUT2D eigenvalue weighted by Gasteiger charge is -2.24. The van der Waals surface area contributed by atoms with Gasteiger partial charge in [0.05, 0.1) is 24.2 Å². The first-order chi connectivity index (χ1) is 9.43. The lowest BCUT2D eigenvalue weighted by atomic mass is 10.2. The van der Waals surface area contributed by atoms with E-state index in [4.69, 9.17) is 15.2 Å². The molecule has 2 rings (SSSR count). The lowest BCUT2D eigenvalue weighted by Crippen LogP contribution is -2.32. The van der Waals surface area contributed by atoms with E-state index < -0.39 is 10.0 Å². The maximum atomic E-state index is 11.9. The van der Waals surface area contributed by atoms with Gasteiger partial charge in [0.1, 0.15) is 12.4 Å². The lowest BCUT2D eigenvalue weighted by molar-refractivity contribution is 0.146. The standard InChI is InChI=1S/C13H20N2O4S/c1-18-7-8-19-11-5-6-12(14)13(9-11)15(10-3-4-10)20(2,16)17/h5-6,9-10H,3-4,7-8,14H2,1-2H3. The Morgan fingerprint density at radius 2 is 2.05 bits per heavy atom. The maximum Gasteiger partial charge on any atom is 0.232 e. The number of nitrogen functional groups attached to an aromatic ring is 1. The summed E-state index contributed by atoms with van der Waals surface area (Å²) in [6, 6.07) is 5.08. The number of sulfonamides is 1. The molecule has 0 heterocycles. The van der Waals surface area contributed by atoms with Gasteiger partial charge in [-0.2, -0.15) is 0 Å². The van der Waals surface area contributed by atoms with E-state index in [9.17, 15) is 8.42 Å². The molecule has 1 saturated carbocycles. The van der Waals surface area contributed by atoms with Gasteiger partial charge >= 0.3 is 0 Å². The molecule has 6 nitrogen and oxygen atoms in total. The van der Waals surface area contributed by atoms with Crippen LogP contribution in [0.25, 0.3) is 0 Å². The van der Waals surface area contributed by atoms with Crippen LogP contribution in [0.1, 0.15) is 12.8 Å². The van der Waals surface area contributed by atoms with E-state index in [-0.39, 0.29) is 6.04 Å². The minimum absolute atomic E-state index is 0.0153. The number of anilines is 2. The first-order valence-electron chi connectivity index (χ1n) is 6.44. The fourth-order valence-electron chi connectivity index (χ4n) is 2.00. The van der Waals surface area contributed by atoms with Crippen LogP contribution in [0.3, 0.4) is 0 Å². The second-order valence-corrected chi connectivity index (χ2v) is 6.71. The average molecular weight is 300 g/mol. The van der Waals surface area contributed by atoms with Crippen molar-refractivity contribution in [2.75, 3.05) is 36.6 Å². The molecule has 0 amide bonds. The Labute approximate surface area is 119 Å². The van der Waals surface area contributed by atoms with Crippen molar-refractivity contribution in [1.82, 2.24) is 0 Å². The van der Waals surface area contributed by atoms with Crippen molar-refractivity contribution >= 4 is 21.4 Å². The van der Waals surface area contributed by atoms with Gasteiger partial charge in [0.25, 0.3) is 0 Å². The second-order valence-electron chi connectivity index (χ2n) is 4.85. The van der Waals surface area contributed by atoms with Crippen molar-refractivity contribution in [1.29, 1.82) is 0 Å². The van der Waals surface area contributed by atoms with Gasteiger partial charge in [-0.15, -0.1) is 0 Å². The smallest absolute Gasteiger partial charge is 0.232 e. The number of hydrogen-bond acceptors (Lipinski definition) is 5. The molecule has 0 radical (unpaired) electrons. The molecule has 0 spiro atoms. The van der Waals surface area contributed by atoms with Crippen molar-refractivity contribution in [2.24, 2.45) is 0 Å². The van der Waals surface area contributed by atoms with Gasteiger partial charge in [-0.3, -0.25) is 4.31 Å². The van der Waals surface area contributed by atoms with Gasteiger partial charge < -0.3 is 15.2 Å². The minimum atomic E-state index is -3.35. The van der Waals surface area contributed by atoms with E-state index in [0.717, 1.165) is 12.8 Å². The highest BCUT2D eigenvalue weighted by Crippen LogP contribution is 2.38. The topological polar surface area (TPSA) is 81.9 Å². The number of nitrogens with zero attached hydrogens (tertiary/aromatic N) is 1.